The van der Waals surface area contributed by atoms with Gasteiger partial charge in [0.1, 0.15) is 0 Å². The van der Waals surface area contributed by atoms with E-state index >= 15 is 0 Å². The molecule has 0 amide bonds. The number of likely N-dealkylation sites (tertiary alicyclic amines) is 1. The minimum Gasteiger partial charge on any atom is -0.393 e. The zero-order valence-electron chi connectivity index (χ0n) is 8.80. The Morgan fingerprint density at radius 3 is 2.29 bits per heavy atom. The Hall–Kier alpha value is -0.150. The molecule has 0 bridgehead atoms. The molecule has 2 N–H and O–H groups in total. The number of hydrogen-bond acceptors (Lipinski definition) is 2. The van der Waals surface area contributed by atoms with Gasteiger partial charge in [-0.3, -0.25) is 0 Å². The molecule has 0 aromatic carbocycles. The van der Waals surface area contributed by atoms with Gasteiger partial charge < -0.3 is 10.6 Å². The molecule has 2 fully saturated rings. The van der Waals surface area contributed by atoms with E-state index in [0.29, 0.717) is 4.99 Å². The van der Waals surface area contributed by atoms with E-state index in [1.54, 1.807) is 0 Å². The largest absolute Gasteiger partial charge is 0.393 e. The minimum absolute atomic E-state index is 0.661. The van der Waals surface area contributed by atoms with E-state index in [4.69, 9.17) is 18.0 Å². The van der Waals surface area contributed by atoms with Gasteiger partial charge in [-0.25, -0.2) is 0 Å². The number of thiocarbonyl (C=S) groups is 1. The molecule has 1 spiro atoms. The van der Waals surface area contributed by atoms with Crippen LogP contribution in [0.5, 0.6) is 0 Å². The van der Waals surface area contributed by atoms with Gasteiger partial charge in [0.2, 0.25) is 0 Å². The number of piperidine rings is 1. The van der Waals surface area contributed by atoms with E-state index in [2.05, 4.69) is 4.90 Å². The van der Waals surface area contributed by atoms with E-state index in [-0.39, 0.29) is 0 Å². The lowest BCUT2D eigenvalue weighted by Crippen LogP contribution is -2.44. The van der Waals surface area contributed by atoms with Crippen molar-refractivity contribution in [3.05, 3.63) is 0 Å². The molecule has 0 atom stereocenters. The lowest BCUT2D eigenvalue weighted by Gasteiger charge is -2.48. The molecule has 1 heterocycles. The summed E-state index contributed by atoms with van der Waals surface area (Å²) in [4.78, 5) is 3.18. The molecule has 0 unspecified atom stereocenters. The molecule has 1 aliphatic carbocycles. The Morgan fingerprint density at radius 2 is 1.86 bits per heavy atom. The standard InChI is InChI=1S/C11H20N2S/c12-10(14)2-7-13-8-5-11(6-9-13)3-1-4-11/h1-9H2,(H2,12,14). The molecule has 1 saturated carbocycles. The van der Waals surface area contributed by atoms with Crippen LogP contribution in [0.3, 0.4) is 0 Å². The summed E-state index contributed by atoms with van der Waals surface area (Å²) >= 11 is 4.89. The summed E-state index contributed by atoms with van der Waals surface area (Å²) in [6.45, 7) is 3.61. The molecule has 0 aromatic heterocycles. The molecule has 2 aliphatic rings. The van der Waals surface area contributed by atoms with E-state index in [1.807, 2.05) is 0 Å². The third-order valence-corrected chi connectivity index (χ3v) is 4.21. The van der Waals surface area contributed by atoms with Gasteiger partial charge in [0.25, 0.3) is 0 Å². The molecule has 3 heteroatoms. The highest BCUT2D eigenvalue weighted by Gasteiger charge is 2.39. The Bertz CT molecular complexity index is 213. The first-order chi connectivity index (χ1) is 6.70. The van der Waals surface area contributed by atoms with Crippen LogP contribution in [0.4, 0.5) is 0 Å². The second-order valence-electron chi connectivity index (χ2n) is 4.91. The van der Waals surface area contributed by atoms with E-state index in [0.717, 1.165) is 18.4 Å². The molecular weight excluding hydrogens is 192 g/mol. The first-order valence-electron chi connectivity index (χ1n) is 5.71. The summed E-state index contributed by atoms with van der Waals surface area (Å²) in [5.74, 6) is 0. The summed E-state index contributed by atoms with van der Waals surface area (Å²) in [7, 11) is 0. The van der Waals surface area contributed by atoms with E-state index in [9.17, 15) is 0 Å². The van der Waals surface area contributed by atoms with Gasteiger partial charge >= 0.3 is 0 Å². The van der Waals surface area contributed by atoms with Crippen molar-refractivity contribution < 1.29 is 0 Å². The zero-order valence-corrected chi connectivity index (χ0v) is 9.61. The molecule has 2 rings (SSSR count). The Kier molecular flexibility index (Phi) is 3.07. The summed E-state index contributed by atoms with van der Waals surface area (Å²) in [5, 5.41) is 0. The van der Waals surface area contributed by atoms with Gasteiger partial charge in [0.15, 0.2) is 0 Å². The highest BCUT2D eigenvalue weighted by atomic mass is 32.1. The summed E-state index contributed by atoms with van der Waals surface area (Å²) in [6.07, 6.45) is 8.14. The van der Waals surface area contributed by atoms with Gasteiger partial charge in [0.05, 0.1) is 4.99 Å². The maximum absolute atomic E-state index is 5.51. The average molecular weight is 212 g/mol. The highest BCUT2D eigenvalue weighted by molar-refractivity contribution is 7.80. The van der Waals surface area contributed by atoms with Crippen LogP contribution in [-0.2, 0) is 0 Å². The second-order valence-corrected chi connectivity index (χ2v) is 5.44. The second kappa shape index (κ2) is 4.15. The van der Waals surface area contributed by atoms with Crippen molar-refractivity contribution >= 4 is 17.2 Å². The lowest BCUT2D eigenvalue weighted by molar-refractivity contribution is 0.0346. The van der Waals surface area contributed by atoms with Crippen molar-refractivity contribution in [1.82, 2.24) is 4.90 Å². The van der Waals surface area contributed by atoms with Crippen LogP contribution < -0.4 is 5.73 Å². The van der Waals surface area contributed by atoms with Crippen LogP contribution >= 0.6 is 12.2 Å². The minimum atomic E-state index is 0.661. The van der Waals surface area contributed by atoms with Gasteiger partial charge in [-0.15, -0.1) is 0 Å². The summed E-state index contributed by atoms with van der Waals surface area (Å²) < 4.78 is 0. The summed E-state index contributed by atoms with van der Waals surface area (Å²) in [5.41, 5.74) is 6.27. The molecule has 14 heavy (non-hydrogen) atoms. The van der Waals surface area contributed by atoms with Crippen LogP contribution in [-0.4, -0.2) is 29.5 Å². The van der Waals surface area contributed by atoms with Crippen molar-refractivity contribution in [1.29, 1.82) is 0 Å². The Labute approximate surface area is 91.8 Å². The molecule has 1 aliphatic heterocycles. The van der Waals surface area contributed by atoms with Crippen LogP contribution in [0.2, 0.25) is 0 Å². The Balaban J connectivity index is 1.70. The monoisotopic (exact) mass is 212 g/mol. The van der Waals surface area contributed by atoms with E-state index < -0.39 is 0 Å². The third-order valence-electron chi connectivity index (χ3n) is 4.01. The number of rotatable bonds is 3. The predicted octanol–water partition coefficient (Wildman–Crippen LogP) is 1.93. The quantitative estimate of drug-likeness (QED) is 0.725. The molecule has 0 radical (unpaired) electrons. The van der Waals surface area contributed by atoms with Gasteiger partial charge in [-0.1, -0.05) is 18.6 Å². The van der Waals surface area contributed by atoms with Gasteiger partial charge in [-0.2, -0.15) is 0 Å². The fourth-order valence-corrected chi connectivity index (χ4v) is 2.79. The smallest absolute Gasteiger partial charge is 0.0740 e. The number of nitrogens with two attached hydrogens (primary N) is 1. The van der Waals surface area contributed by atoms with Crippen LogP contribution in [0.15, 0.2) is 0 Å². The lowest BCUT2D eigenvalue weighted by atomic mass is 9.63. The zero-order chi connectivity index (χ0) is 10.0. The fraction of sp³-hybridized carbons (Fsp3) is 0.909. The Morgan fingerprint density at radius 1 is 1.21 bits per heavy atom. The molecule has 2 nitrogen and oxygen atoms in total. The molecule has 1 saturated heterocycles. The van der Waals surface area contributed by atoms with Crippen molar-refractivity contribution in [3.63, 3.8) is 0 Å². The van der Waals surface area contributed by atoms with Crippen LogP contribution in [0, 0.1) is 5.41 Å². The highest BCUT2D eigenvalue weighted by Crippen LogP contribution is 2.48. The van der Waals surface area contributed by atoms with Crippen molar-refractivity contribution in [2.75, 3.05) is 19.6 Å². The predicted molar refractivity (Wildman–Crippen MR) is 63.4 cm³/mol. The molecular formula is C11H20N2S. The van der Waals surface area contributed by atoms with Crippen molar-refractivity contribution in [3.8, 4) is 0 Å². The molecule has 0 aromatic rings. The number of nitrogens with zero attached hydrogens (tertiary/aromatic N) is 1. The number of hydrogen-bond donors (Lipinski definition) is 1. The van der Waals surface area contributed by atoms with Crippen molar-refractivity contribution in [2.45, 2.75) is 38.5 Å². The maximum Gasteiger partial charge on any atom is 0.0740 e. The van der Waals surface area contributed by atoms with E-state index in [1.165, 1.54) is 45.2 Å². The molecule has 80 valence electrons. The van der Waals surface area contributed by atoms with Crippen LogP contribution in [0.25, 0.3) is 0 Å². The van der Waals surface area contributed by atoms with Crippen LogP contribution in [0.1, 0.15) is 38.5 Å². The normalized spacial score (nSPS) is 26.0. The third kappa shape index (κ3) is 2.26. The SMILES string of the molecule is NC(=S)CCN1CCC2(CCC2)CC1. The average Bonchev–Trinajstić information content (AvgIpc) is 2.13. The van der Waals surface area contributed by atoms with Crippen molar-refractivity contribution in [2.24, 2.45) is 11.1 Å². The first kappa shape index (κ1) is 10.4. The van der Waals surface area contributed by atoms with Gasteiger partial charge in [-0.05, 0) is 44.2 Å². The first-order valence-corrected chi connectivity index (χ1v) is 6.12. The topological polar surface area (TPSA) is 29.3 Å². The maximum atomic E-state index is 5.51. The summed E-state index contributed by atoms with van der Waals surface area (Å²) in [6, 6.07) is 0. The fourth-order valence-electron chi connectivity index (χ4n) is 2.70. The van der Waals surface area contributed by atoms with Gasteiger partial charge in [0, 0.05) is 13.0 Å².